The summed E-state index contributed by atoms with van der Waals surface area (Å²) in [7, 11) is 0. The zero-order valence-electron chi connectivity index (χ0n) is 32.8. The molecule has 6 heteroatoms. The molecule has 0 spiro atoms. The van der Waals surface area contributed by atoms with Crippen molar-refractivity contribution >= 4 is 0 Å². The molecule has 3 aromatic carbocycles. The maximum Gasteiger partial charge on any atom is 0.164 e. The van der Waals surface area contributed by atoms with Crippen LogP contribution in [0.2, 0.25) is 0 Å². The minimum atomic E-state index is -0.0224. The fourth-order valence-corrected chi connectivity index (χ4v) is 6.30. The summed E-state index contributed by atoms with van der Waals surface area (Å²) in [4.78, 5) is 29.7. The van der Waals surface area contributed by atoms with Crippen LogP contribution in [0.25, 0.3) is 67.5 Å². The molecule has 7 rings (SSSR count). The van der Waals surface area contributed by atoms with Gasteiger partial charge in [-0.05, 0) is 53.1 Å². The van der Waals surface area contributed by atoms with Gasteiger partial charge in [-0.3, -0.25) is 15.0 Å². The maximum absolute atomic E-state index is 5.11. The first-order chi connectivity index (χ1) is 25.6. The number of rotatable bonds is 6. The van der Waals surface area contributed by atoms with Crippen molar-refractivity contribution in [3.05, 3.63) is 145 Å². The minimum Gasteiger partial charge on any atom is -0.260 e. The Morgan fingerprint density at radius 2 is 0.556 bits per heavy atom. The summed E-state index contributed by atoms with van der Waals surface area (Å²) in [6.45, 7) is 19.6. The van der Waals surface area contributed by atoms with Gasteiger partial charge in [0.25, 0.3) is 0 Å². The molecule has 0 aliphatic carbocycles. The highest BCUT2D eigenvalue weighted by Gasteiger charge is 2.19. The molecule has 4 heterocycles. The summed E-state index contributed by atoms with van der Waals surface area (Å²) in [5, 5.41) is 0. The first-order valence-corrected chi connectivity index (χ1v) is 18.6. The molecule has 0 unspecified atom stereocenters. The highest BCUT2D eigenvalue weighted by atomic mass is 15.0. The van der Waals surface area contributed by atoms with Crippen LogP contribution in [0.1, 0.15) is 79.4 Å². The Hall–Kier alpha value is -5.88. The number of benzene rings is 3. The maximum atomic E-state index is 5.11. The molecule has 7 aromatic rings. The Morgan fingerprint density at radius 1 is 0.296 bits per heavy atom. The van der Waals surface area contributed by atoms with E-state index in [9.17, 15) is 0 Å². The summed E-state index contributed by atoms with van der Waals surface area (Å²) in [5.41, 5.74) is 12.0. The smallest absolute Gasteiger partial charge is 0.164 e. The summed E-state index contributed by atoms with van der Waals surface area (Å²) >= 11 is 0. The second-order valence-electron chi connectivity index (χ2n) is 17.1. The van der Waals surface area contributed by atoms with Gasteiger partial charge in [-0.15, -0.1) is 0 Å². The van der Waals surface area contributed by atoms with Gasteiger partial charge in [0, 0.05) is 85.3 Å². The molecule has 270 valence electrons. The molecular weight excluding hydrogens is 661 g/mol. The Balaban J connectivity index is 1.32. The van der Waals surface area contributed by atoms with Gasteiger partial charge in [-0.2, -0.15) is 0 Å². The molecule has 0 aliphatic rings. The fraction of sp³-hybridized carbons (Fsp3) is 0.250. The lowest BCUT2D eigenvalue weighted by Crippen LogP contribution is -2.12. The zero-order valence-corrected chi connectivity index (χ0v) is 32.8. The monoisotopic (exact) mass is 708 g/mol. The average Bonchev–Trinajstić information content (AvgIpc) is 3.17. The number of aromatic nitrogens is 6. The molecule has 0 saturated heterocycles. The zero-order chi connectivity index (χ0) is 38.3. The predicted octanol–water partition coefficient (Wildman–Crippen LogP) is 12.0. The largest absolute Gasteiger partial charge is 0.260 e. The lowest BCUT2D eigenvalue weighted by Gasteiger charge is -2.18. The van der Waals surface area contributed by atoms with Crippen LogP contribution >= 0.6 is 0 Å². The molecule has 0 fully saturated rings. The van der Waals surface area contributed by atoms with Crippen molar-refractivity contribution in [2.45, 2.75) is 78.6 Å². The van der Waals surface area contributed by atoms with Crippen LogP contribution in [0.3, 0.4) is 0 Å². The Bertz CT molecular complexity index is 2120. The summed E-state index contributed by atoms with van der Waals surface area (Å²) in [6, 6.07) is 37.8. The molecule has 0 amide bonds. The molecule has 0 atom stereocenters. The van der Waals surface area contributed by atoms with E-state index < -0.39 is 0 Å². The number of hydrogen-bond donors (Lipinski definition) is 0. The van der Waals surface area contributed by atoms with Crippen LogP contribution in [-0.2, 0) is 16.2 Å². The predicted molar refractivity (Wildman–Crippen MR) is 222 cm³/mol. The van der Waals surface area contributed by atoms with Gasteiger partial charge < -0.3 is 0 Å². The second kappa shape index (κ2) is 14.2. The van der Waals surface area contributed by atoms with E-state index in [0.717, 1.165) is 67.2 Å². The molecular formula is C48H48N6. The second-order valence-corrected chi connectivity index (χ2v) is 17.1. The van der Waals surface area contributed by atoms with E-state index in [1.54, 1.807) is 0 Å². The minimum absolute atomic E-state index is 0.0224. The highest BCUT2D eigenvalue weighted by Crippen LogP contribution is 2.33. The quantitative estimate of drug-likeness (QED) is 0.171. The summed E-state index contributed by atoms with van der Waals surface area (Å²) < 4.78 is 0. The Morgan fingerprint density at radius 3 is 0.778 bits per heavy atom. The van der Waals surface area contributed by atoms with Crippen molar-refractivity contribution in [1.29, 1.82) is 0 Å². The number of hydrogen-bond acceptors (Lipinski definition) is 6. The van der Waals surface area contributed by atoms with Gasteiger partial charge in [0.15, 0.2) is 17.5 Å². The average molecular weight is 709 g/mol. The van der Waals surface area contributed by atoms with E-state index in [2.05, 4.69) is 172 Å². The van der Waals surface area contributed by atoms with E-state index in [4.69, 9.17) is 29.9 Å². The third-order valence-electron chi connectivity index (χ3n) is 9.59. The van der Waals surface area contributed by atoms with Gasteiger partial charge in [-0.25, -0.2) is 15.0 Å². The molecule has 4 aromatic heterocycles. The van der Waals surface area contributed by atoms with Crippen LogP contribution < -0.4 is 0 Å². The first-order valence-electron chi connectivity index (χ1n) is 18.6. The molecule has 0 N–H and O–H groups in total. The third-order valence-corrected chi connectivity index (χ3v) is 9.59. The standard InChI is InChI=1S/C48H48N6/c1-46(2,3)40-22-19-37(28-49-40)31-13-10-16-34(25-31)43-52-44(35-17-11-14-32(26-35)38-20-23-41(50-29-38)47(4,5)6)54-45(53-43)36-18-12-15-33(27-36)39-21-24-42(51-30-39)48(7,8)9/h10-30H,1-9H3. The number of nitrogens with zero attached hydrogens (tertiary/aromatic N) is 6. The van der Waals surface area contributed by atoms with Crippen LogP contribution in [0.4, 0.5) is 0 Å². The molecule has 0 bridgehead atoms. The lowest BCUT2D eigenvalue weighted by atomic mass is 9.91. The van der Waals surface area contributed by atoms with Gasteiger partial charge in [0.05, 0.1) is 0 Å². The molecule has 0 saturated carbocycles. The summed E-state index contributed by atoms with van der Waals surface area (Å²) in [6.07, 6.45) is 5.85. The Kier molecular flexibility index (Phi) is 9.57. The normalized spacial score (nSPS) is 12.2. The van der Waals surface area contributed by atoms with E-state index in [1.807, 2.05) is 18.6 Å². The first kappa shape index (κ1) is 36.5. The molecule has 0 aliphatic heterocycles. The van der Waals surface area contributed by atoms with Gasteiger partial charge in [0.2, 0.25) is 0 Å². The fourth-order valence-electron chi connectivity index (χ4n) is 6.30. The van der Waals surface area contributed by atoms with Crippen LogP contribution in [0.5, 0.6) is 0 Å². The van der Waals surface area contributed by atoms with E-state index >= 15 is 0 Å². The summed E-state index contributed by atoms with van der Waals surface area (Å²) in [5.74, 6) is 1.79. The molecule has 0 radical (unpaired) electrons. The van der Waals surface area contributed by atoms with E-state index in [0.29, 0.717) is 17.5 Å². The van der Waals surface area contributed by atoms with Crippen molar-refractivity contribution in [2.24, 2.45) is 0 Å². The van der Waals surface area contributed by atoms with Crippen LogP contribution in [0, 0.1) is 0 Å². The Labute approximate surface area is 319 Å². The van der Waals surface area contributed by atoms with E-state index in [-0.39, 0.29) is 16.2 Å². The van der Waals surface area contributed by atoms with Crippen molar-refractivity contribution < 1.29 is 0 Å². The highest BCUT2D eigenvalue weighted by molar-refractivity contribution is 5.76. The van der Waals surface area contributed by atoms with Crippen molar-refractivity contribution in [3.8, 4) is 67.5 Å². The van der Waals surface area contributed by atoms with Crippen molar-refractivity contribution in [1.82, 2.24) is 29.9 Å². The molecule has 54 heavy (non-hydrogen) atoms. The third kappa shape index (κ3) is 8.03. The molecule has 6 nitrogen and oxygen atoms in total. The SMILES string of the molecule is CC(C)(C)c1ccc(-c2cccc(-c3nc(-c4cccc(-c5ccc(C(C)(C)C)nc5)c4)nc(-c4cccc(-c5ccc(C(C)(C)C)nc5)c4)n3)c2)cn1. The van der Waals surface area contributed by atoms with Crippen molar-refractivity contribution in [2.75, 3.05) is 0 Å². The van der Waals surface area contributed by atoms with Gasteiger partial charge in [0.1, 0.15) is 0 Å². The topological polar surface area (TPSA) is 77.3 Å². The van der Waals surface area contributed by atoms with Gasteiger partial charge in [-0.1, -0.05) is 135 Å². The van der Waals surface area contributed by atoms with Crippen molar-refractivity contribution in [3.63, 3.8) is 0 Å². The van der Waals surface area contributed by atoms with Crippen LogP contribution in [0.15, 0.2) is 128 Å². The van der Waals surface area contributed by atoms with E-state index in [1.165, 1.54) is 0 Å². The number of pyridine rings is 3. The lowest BCUT2D eigenvalue weighted by molar-refractivity contribution is 0.569. The van der Waals surface area contributed by atoms with Gasteiger partial charge >= 0.3 is 0 Å². The van der Waals surface area contributed by atoms with Crippen LogP contribution in [-0.4, -0.2) is 29.9 Å².